The third-order valence-electron chi connectivity index (χ3n) is 7.56. The molecule has 0 saturated carbocycles. The van der Waals surface area contributed by atoms with Gasteiger partial charge in [-0.15, -0.1) is 0 Å². The zero-order chi connectivity index (χ0) is 29.6. The van der Waals surface area contributed by atoms with E-state index in [4.69, 9.17) is 40.1 Å². The predicted molar refractivity (Wildman–Crippen MR) is 182 cm³/mol. The Balaban J connectivity index is 0.000000617. The minimum atomic E-state index is -0.125. The van der Waals surface area contributed by atoms with Gasteiger partial charge >= 0.3 is 0 Å². The van der Waals surface area contributed by atoms with Crippen LogP contribution < -0.4 is 0 Å². The lowest BCUT2D eigenvalue weighted by molar-refractivity contribution is 0.186. The Morgan fingerprint density at radius 3 is 0.867 bits per heavy atom. The lowest BCUT2D eigenvalue weighted by Crippen LogP contribution is -1.85. The van der Waals surface area contributed by atoms with Crippen molar-refractivity contribution in [2.75, 3.05) is 13.2 Å². The molecule has 2 aliphatic rings. The first-order chi connectivity index (χ1) is 21.7. The summed E-state index contributed by atoms with van der Waals surface area (Å²) in [5, 5.41) is 19.1. The van der Waals surface area contributed by atoms with E-state index in [1.807, 2.05) is 97.1 Å². The van der Waals surface area contributed by atoms with Crippen LogP contribution in [-0.2, 0) is 0 Å². The minimum absolute atomic E-state index is 0. The van der Waals surface area contributed by atoms with Crippen molar-refractivity contribution < 1.29 is 10.2 Å². The molecule has 0 fully saturated rings. The van der Waals surface area contributed by atoms with E-state index < -0.39 is 0 Å². The van der Waals surface area contributed by atoms with Crippen LogP contribution in [0, 0.1) is 0 Å². The molecule has 8 bridgehead atoms. The van der Waals surface area contributed by atoms with Gasteiger partial charge in [0.25, 0.3) is 0 Å². The van der Waals surface area contributed by atoms with Crippen LogP contribution in [0.1, 0.15) is 0 Å². The van der Waals surface area contributed by atoms with E-state index in [0.29, 0.717) is 45.9 Å². The minimum Gasteiger partial charge on any atom is -0.394 e. The summed E-state index contributed by atoms with van der Waals surface area (Å²) in [4.78, 5) is 36.8. The Morgan fingerprint density at radius 2 is 0.622 bits per heavy atom. The molecular formula is C34H28N8O2Si. The van der Waals surface area contributed by atoms with Gasteiger partial charge in [-0.25, -0.2) is 29.9 Å². The summed E-state index contributed by atoms with van der Waals surface area (Å²) in [5.41, 5.74) is 6.45. The molecule has 0 atom stereocenters. The highest BCUT2D eigenvalue weighted by Gasteiger charge is 2.21. The summed E-state index contributed by atoms with van der Waals surface area (Å²) in [6.45, 7) is -0.250. The van der Waals surface area contributed by atoms with Crippen molar-refractivity contribution in [2.45, 2.75) is 0 Å². The molecule has 45 heavy (non-hydrogen) atoms. The van der Waals surface area contributed by atoms with Crippen LogP contribution >= 0.6 is 0 Å². The zero-order valence-electron chi connectivity index (χ0n) is 23.2. The molecule has 0 radical (unpaired) electrons. The van der Waals surface area contributed by atoms with Gasteiger partial charge in [0.05, 0.1) is 13.2 Å². The van der Waals surface area contributed by atoms with E-state index in [1.165, 1.54) is 0 Å². The van der Waals surface area contributed by atoms with Gasteiger partial charge in [-0.05, 0) is 11.0 Å². The molecule has 0 amide bonds. The molecule has 0 aliphatic carbocycles. The second kappa shape index (κ2) is 11.5. The van der Waals surface area contributed by atoms with Crippen LogP contribution in [0.3, 0.4) is 0 Å². The van der Waals surface area contributed by atoms with Crippen molar-refractivity contribution in [3.05, 3.63) is 97.1 Å². The van der Waals surface area contributed by atoms with Gasteiger partial charge < -0.3 is 20.2 Å². The first-order valence-corrected chi connectivity index (χ1v) is 14.1. The Labute approximate surface area is 260 Å². The van der Waals surface area contributed by atoms with Crippen molar-refractivity contribution in [2.24, 2.45) is 0 Å². The number of nitrogens with one attached hydrogen (secondary N) is 2. The topological polar surface area (TPSA) is 149 Å². The number of aliphatic hydroxyl groups excluding tert-OH is 2. The van der Waals surface area contributed by atoms with E-state index >= 15 is 0 Å². The van der Waals surface area contributed by atoms with Gasteiger partial charge in [0.15, 0.2) is 23.3 Å². The number of aromatic nitrogens is 8. The third kappa shape index (κ3) is 4.75. The summed E-state index contributed by atoms with van der Waals surface area (Å²) in [6.07, 6.45) is 0. The summed E-state index contributed by atoms with van der Waals surface area (Å²) >= 11 is 0. The third-order valence-corrected chi connectivity index (χ3v) is 7.56. The van der Waals surface area contributed by atoms with Crippen LogP contribution in [0.25, 0.3) is 89.7 Å². The molecule has 9 rings (SSSR count). The predicted octanol–water partition coefficient (Wildman–Crippen LogP) is 4.39. The molecule has 0 spiro atoms. The molecule has 11 heteroatoms. The molecule has 0 saturated heterocycles. The Hall–Kier alpha value is -5.62. The van der Waals surface area contributed by atoms with Crippen LogP contribution in [-0.4, -0.2) is 74.3 Å². The van der Waals surface area contributed by atoms with E-state index in [1.54, 1.807) is 0 Å². The normalized spacial score (nSPS) is 11.3. The average molecular weight is 609 g/mol. The lowest BCUT2D eigenvalue weighted by Gasteiger charge is -1.96. The van der Waals surface area contributed by atoms with Crippen LogP contribution in [0.2, 0.25) is 0 Å². The fraction of sp³-hybridized carbons (Fsp3) is 0.0588. The first kappa shape index (κ1) is 28.2. The summed E-state index contributed by atoms with van der Waals surface area (Å²) in [7, 11) is 0. The van der Waals surface area contributed by atoms with Crippen LogP contribution in [0.15, 0.2) is 97.1 Å². The maximum absolute atomic E-state index is 7.62. The second-order valence-corrected chi connectivity index (χ2v) is 10.2. The smallest absolute Gasteiger partial charge is 0.164 e. The highest BCUT2D eigenvalue weighted by molar-refractivity contribution is 6.06. The number of hydrogen-bond donors (Lipinski definition) is 4. The van der Waals surface area contributed by atoms with Crippen molar-refractivity contribution in [3.63, 3.8) is 0 Å². The average Bonchev–Trinajstić information content (AvgIpc) is 3.81. The molecule has 4 N–H and O–H groups in total. The fourth-order valence-electron chi connectivity index (χ4n) is 5.59. The maximum atomic E-state index is 7.62. The SMILES string of the molecule is OCCO.[SiH4].c1ccc2c(c1)-c1nc-2nc2[nH]c(nc3nc(nc4[nH]c(n1)c1ccccc41)-c1ccccc1-3)c1ccccc21. The maximum Gasteiger partial charge on any atom is 0.164 e. The number of benzene rings is 4. The molecule has 5 heterocycles. The summed E-state index contributed by atoms with van der Waals surface area (Å²) in [6, 6.07) is 32.2. The molecule has 2 aliphatic heterocycles. The number of hydrogen-bond acceptors (Lipinski definition) is 8. The van der Waals surface area contributed by atoms with Gasteiger partial charge in [-0.2, -0.15) is 0 Å². The first-order valence-electron chi connectivity index (χ1n) is 14.1. The largest absolute Gasteiger partial charge is 0.394 e. The number of rotatable bonds is 1. The van der Waals surface area contributed by atoms with Crippen LogP contribution in [0.4, 0.5) is 0 Å². The van der Waals surface area contributed by atoms with Crippen molar-refractivity contribution in [3.8, 4) is 45.6 Å². The van der Waals surface area contributed by atoms with E-state index in [2.05, 4.69) is 9.97 Å². The van der Waals surface area contributed by atoms with Crippen LogP contribution in [0.5, 0.6) is 0 Å². The lowest BCUT2D eigenvalue weighted by atomic mass is 10.1. The Morgan fingerprint density at radius 1 is 0.378 bits per heavy atom. The Bertz CT molecular complexity index is 2080. The van der Waals surface area contributed by atoms with Gasteiger partial charge in [-0.3, -0.25) is 0 Å². The number of aromatic amines is 2. The number of nitrogens with zero attached hydrogens (tertiary/aromatic N) is 6. The molecular weight excluding hydrogens is 581 g/mol. The second-order valence-electron chi connectivity index (χ2n) is 10.2. The van der Waals surface area contributed by atoms with Gasteiger partial charge in [0, 0.05) is 43.8 Å². The van der Waals surface area contributed by atoms with E-state index in [0.717, 1.165) is 43.8 Å². The molecule has 4 aromatic carbocycles. The summed E-state index contributed by atoms with van der Waals surface area (Å²) < 4.78 is 0. The van der Waals surface area contributed by atoms with Gasteiger partial charge in [-0.1, -0.05) is 97.1 Å². The fourth-order valence-corrected chi connectivity index (χ4v) is 5.59. The van der Waals surface area contributed by atoms with E-state index in [9.17, 15) is 0 Å². The monoisotopic (exact) mass is 608 g/mol. The van der Waals surface area contributed by atoms with E-state index in [-0.39, 0.29) is 24.2 Å². The quantitative estimate of drug-likeness (QED) is 0.201. The number of aliphatic hydroxyl groups is 2. The summed E-state index contributed by atoms with van der Waals surface area (Å²) in [5.74, 6) is 2.39. The van der Waals surface area contributed by atoms with Crippen molar-refractivity contribution >= 4 is 55.1 Å². The molecule has 220 valence electrons. The number of H-pyrrole nitrogens is 2. The molecule has 10 nitrogen and oxygen atoms in total. The molecule has 3 aromatic heterocycles. The standard InChI is InChI=1S/C32H18N8.C2H6O2.H4Si/c1-2-10-18-17(9-1)25-33-26(18)38-28-21-13-5-6-14-22(21)30(35-28)40-32-24-16-8-7-15-23(24)31(36-32)39-29-20-12-4-3-11-19(20)27(34-29)37-25;3-1-2-4;/h1-16H,(H2,33,34,35,36,37,38,39,40);3-4H,1-2H2;1H4. The zero-order valence-corrected chi connectivity index (χ0v) is 23.2. The highest BCUT2D eigenvalue weighted by Crippen LogP contribution is 2.36. The van der Waals surface area contributed by atoms with Gasteiger partial charge in [0.2, 0.25) is 0 Å². The Kier molecular flexibility index (Phi) is 7.18. The highest BCUT2D eigenvalue weighted by atomic mass is 28.1. The van der Waals surface area contributed by atoms with Gasteiger partial charge in [0.1, 0.15) is 22.6 Å². The van der Waals surface area contributed by atoms with Crippen molar-refractivity contribution in [1.29, 1.82) is 0 Å². The van der Waals surface area contributed by atoms with Crippen molar-refractivity contribution in [1.82, 2.24) is 39.9 Å². The number of fused-ring (bicyclic) bond motifs is 20. The molecule has 7 aromatic rings. The molecule has 0 unspecified atom stereocenters.